The van der Waals surface area contributed by atoms with Gasteiger partial charge in [-0.15, -0.1) is 0 Å². The highest BCUT2D eigenvalue weighted by molar-refractivity contribution is 5.82. The molecule has 0 aromatic carbocycles. The Morgan fingerprint density at radius 3 is 3.07 bits per heavy atom. The Balaban J connectivity index is 1.34. The summed E-state index contributed by atoms with van der Waals surface area (Å²) in [4.78, 5) is 25.6. The minimum Gasteiger partial charge on any atom is -0.353 e. The van der Waals surface area contributed by atoms with Gasteiger partial charge in [0.25, 0.3) is 0 Å². The summed E-state index contributed by atoms with van der Waals surface area (Å²) in [5, 5.41) is 3.93. The number of carbonyl (C=O) groups is 1. The molecule has 7 heteroatoms. The lowest BCUT2D eigenvalue weighted by Crippen LogP contribution is -2.51. The first-order chi connectivity index (χ1) is 16.1. The molecule has 7 nitrogen and oxygen atoms in total. The fourth-order valence-electron chi connectivity index (χ4n) is 4.19. The lowest BCUT2D eigenvalue weighted by atomic mass is 9.96. The second-order valence-electron chi connectivity index (χ2n) is 7.64. The second kappa shape index (κ2) is 7.46. The molecule has 0 N–H and O–H groups in total. The smallest absolute Gasteiger partial charge is 0.226 e. The predicted molar refractivity (Wildman–Crippen MR) is 111 cm³/mol. The molecule has 2 aliphatic heterocycles. The first kappa shape index (κ1) is 13.3. The van der Waals surface area contributed by atoms with Crippen LogP contribution in [0.2, 0.25) is 0 Å². The number of hydrogen-bond acceptors (Lipinski definition) is 5. The molecule has 2 aliphatic rings. The van der Waals surface area contributed by atoms with Crippen LogP contribution in [-0.2, 0) is 11.2 Å². The van der Waals surface area contributed by atoms with Crippen molar-refractivity contribution in [2.24, 2.45) is 5.92 Å². The fraction of sp³-hybridized carbons (Fsp3) is 0.455. The van der Waals surface area contributed by atoms with Gasteiger partial charge < -0.3 is 9.80 Å². The van der Waals surface area contributed by atoms with E-state index in [0.29, 0.717) is 26.1 Å². The zero-order valence-electron chi connectivity index (χ0n) is 21.2. The highest BCUT2D eigenvalue weighted by atomic mass is 16.2. The van der Waals surface area contributed by atoms with Crippen molar-refractivity contribution in [2.75, 3.05) is 24.5 Å². The average molecular weight is 396 g/mol. The lowest BCUT2D eigenvalue weighted by Gasteiger charge is -2.38. The van der Waals surface area contributed by atoms with Crippen molar-refractivity contribution in [2.45, 2.75) is 38.6 Å². The van der Waals surface area contributed by atoms with E-state index in [2.05, 4.69) is 20.0 Å². The summed E-state index contributed by atoms with van der Waals surface area (Å²) in [5.41, 5.74) is 1.21. The summed E-state index contributed by atoms with van der Waals surface area (Å²) < 4.78 is 43.7. The summed E-state index contributed by atoms with van der Waals surface area (Å²) in [6, 6.07) is 6.69. The van der Waals surface area contributed by atoms with Gasteiger partial charge in [0, 0.05) is 43.4 Å². The number of amides is 1. The number of piperazine rings is 1. The second-order valence-corrected chi connectivity index (χ2v) is 7.64. The maximum absolute atomic E-state index is 13.1. The van der Waals surface area contributed by atoms with Gasteiger partial charge in [0.15, 0.2) is 5.65 Å². The van der Waals surface area contributed by atoms with E-state index in [1.54, 1.807) is 0 Å². The lowest BCUT2D eigenvalue weighted by molar-refractivity contribution is -0.132. The van der Waals surface area contributed by atoms with Gasteiger partial charge in [-0.2, -0.15) is 5.10 Å². The number of nitrogens with zero attached hydrogens (tertiary/aromatic N) is 6. The summed E-state index contributed by atoms with van der Waals surface area (Å²) in [7, 11) is 0. The molecule has 3 aromatic rings. The fourth-order valence-corrected chi connectivity index (χ4v) is 4.19. The molecule has 0 radical (unpaired) electrons. The third-order valence-electron chi connectivity index (χ3n) is 5.70. The van der Waals surface area contributed by atoms with Gasteiger partial charge in [0.1, 0.15) is 12.1 Å². The Bertz CT molecular complexity index is 1230. The normalized spacial score (nSPS) is 25.3. The summed E-state index contributed by atoms with van der Waals surface area (Å²) in [6.07, 6.45) is -1.47. The van der Waals surface area contributed by atoms with Crippen LogP contribution >= 0.6 is 0 Å². The molecule has 0 unspecified atom stereocenters. The van der Waals surface area contributed by atoms with Gasteiger partial charge in [-0.25, -0.2) is 14.5 Å². The third kappa shape index (κ3) is 3.45. The van der Waals surface area contributed by atoms with E-state index >= 15 is 0 Å². The molecule has 2 saturated heterocycles. The predicted octanol–water partition coefficient (Wildman–Crippen LogP) is 2.49. The minimum atomic E-state index is -2.43. The van der Waals surface area contributed by atoms with Crippen molar-refractivity contribution in [1.82, 2.24) is 24.5 Å². The molecule has 2 atom stereocenters. The molecule has 3 aromatic heterocycles. The molecule has 0 aliphatic carbocycles. The number of pyridine rings is 2. The van der Waals surface area contributed by atoms with Crippen LogP contribution in [-0.4, -0.2) is 56.1 Å². The zero-order valence-corrected chi connectivity index (χ0v) is 16.2. The van der Waals surface area contributed by atoms with E-state index in [1.807, 2.05) is 30.2 Å². The molecule has 0 spiro atoms. The van der Waals surface area contributed by atoms with Crippen LogP contribution in [0.5, 0.6) is 0 Å². The standard InChI is InChI=1S/C22H26N6O/c1-16-7-8-20(23-13-16)26-10-11-27-19(14-26)12-18(22(27)29)5-2-4-17-6-3-9-28-21(17)24-15-25-28/h3,6-9,13,15,18-19H,2,4-5,10-12,14H2,1H3/t18-,19-/m0/s1/i2D2,4D2,9D. The van der Waals surface area contributed by atoms with E-state index < -0.39 is 18.7 Å². The molecule has 29 heavy (non-hydrogen) atoms. The molecule has 0 saturated carbocycles. The summed E-state index contributed by atoms with van der Waals surface area (Å²) >= 11 is 0. The van der Waals surface area contributed by atoms with Crippen molar-refractivity contribution >= 4 is 17.4 Å². The number of fused-ring (bicyclic) bond motifs is 2. The van der Waals surface area contributed by atoms with Gasteiger partial charge in [-0.05, 0) is 55.8 Å². The van der Waals surface area contributed by atoms with E-state index in [4.69, 9.17) is 6.85 Å². The summed E-state index contributed by atoms with van der Waals surface area (Å²) in [5.74, 6) is 0.142. The van der Waals surface area contributed by atoms with Crippen molar-refractivity contribution in [3.63, 3.8) is 0 Å². The molecule has 150 valence electrons. The monoisotopic (exact) mass is 395 g/mol. The Morgan fingerprint density at radius 2 is 2.21 bits per heavy atom. The summed E-state index contributed by atoms with van der Waals surface area (Å²) in [6.45, 7) is 3.80. The minimum absolute atomic E-state index is 0.0192. The van der Waals surface area contributed by atoms with Crippen LogP contribution in [0.1, 0.15) is 37.2 Å². The van der Waals surface area contributed by atoms with Gasteiger partial charge in [0.2, 0.25) is 5.91 Å². The van der Waals surface area contributed by atoms with E-state index in [0.717, 1.165) is 11.4 Å². The average Bonchev–Trinajstić information content (AvgIpc) is 3.40. The van der Waals surface area contributed by atoms with Crippen molar-refractivity contribution in [3.8, 4) is 0 Å². The Labute approximate surface area is 177 Å². The molecular formula is C22H26N6O. The van der Waals surface area contributed by atoms with Crippen LogP contribution in [0.25, 0.3) is 5.65 Å². The highest BCUT2D eigenvalue weighted by Crippen LogP contribution is 2.32. The quantitative estimate of drug-likeness (QED) is 0.664. The van der Waals surface area contributed by atoms with Crippen molar-refractivity contribution in [3.05, 3.63) is 54.1 Å². The number of aromatic nitrogens is 4. The van der Waals surface area contributed by atoms with Crippen LogP contribution < -0.4 is 4.90 Å². The Morgan fingerprint density at radius 1 is 1.28 bits per heavy atom. The van der Waals surface area contributed by atoms with Gasteiger partial charge in [-0.3, -0.25) is 4.79 Å². The third-order valence-corrected chi connectivity index (χ3v) is 5.70. The number of hydrogen-bond donors (Lipinski definition) is 0. The number of aryl methyl sites for hydroxylation is 2. The topological polar surface area (TPSA) is 66.6 Å². The maximum atomic E-state index is 13.1. The van der Waals surface area contributed by atoms with Crippen LogP contribution in [0.15, 0.2) is 43.0 Å². The van der Waals surface area contributed by atoms with Crippen LogP contribution in [0.3, 0.4) is 0 Å². The molecule has 1 amide bonds. The zero-order chi connectivity index (χ0) is 24.3. The van der Waals surface area contributed by atoms with Crippen molar-refractivity contribution < 1.29 is 11.6 Å². The first-order valence-electron chi connectivity index (χ1n) is 12.4. The molecular weight excluding hydrogens is 364 g/mol. The van der Waals surface area contributed by atoms with Crippen LogP contribution in [0, 0.1) is 12.8 Å². The number of anilines is 1. The van der Waals surface area contributed by atoms with Gasteiger partial charge >= 0.3 is 0 Å². The Hall–Kier alpha value is -2.96. The maximum Gasteiger partial charge on any atom is 0.226 e. The number of rotatable bonds is 5. The SMILES string of the molecule is [2H]c1ccc(C([2H])([2H])C([2H])([2H])C[C@H]2C[C@H]3CN(c4ccc(C)cn4)CCN3C2=O)c2ncnn12. The first-order valence-corrected chi connectivity index (χ1v) is 9.86. The highest BCUT2D eigenvalue weighted by Gasteiger charge is 2.42. The molecule has 5 heterocycles. The molecule has 5 rings (SSSR count). The largest absolute Gasteiger partial charge is 0.353 e. The van der Waals surface area contributed by atoms with Crippen LogP contribution in [0.4, 0.5) is 5.82 Å². The molecule has 0 bridgehead atoms. The molecule has 2 fully saturated rings. The van der Waals surface area contributed by atoms with E-state index in [-0.39, 0.29) is 35.8 Å². The van der Waals surface area contributed by atoms with Crippen molar-refractivity contribution in [1.29, 1.82) is 0 Å². The Kier molecular flexibility index (Phi) is 3.42. The van der Waals surface area contributed by atoms with E-state index in [1.165, 1.54) is 23.0 Å². The van der Waals surface area contributed by atoms with E-state index in [9.17, 15) is 4.79 Å². The number of carbonyl (C=O) groups excluding carboxylic acids is 1. The van der Waals surface area contributed by atoms with Gasteiger partial charge in [-0.1, -0.05) is 12.1 Å². The van der Waals surface area contributed by atoms with Gasteiger partial charge in [0.05, 0.1) is 7.41 Å².